The van der Waals surface area contributed by atoms with E-state index in [2.05, 4.69) is 19.7 Å². The van der Waals surface area contributed by atoms with Crippen LogP contribution in [0.25, 0.3) is 0 Å². The Morgan fingerprint density at radius 3 is 2.69 bits per heavy atom. The minimum Gasteiger partial charge on any atom is -0.314 e. The predicted molar refractivity (Wildman–Crippen MR) is 97.7 cm³/mol. The van der Waals surface area contributed by atoms with Crippen LogP contribution in [0.4, 0.5) is 0 Å². The Balaban J connectivity index is 1.73. The van der Waals surface area contributed by atoms with Crippen molar-refractivity contribution in [2.24, 2.45) is 0 Å². The zero-order chi connectivity index (χ0) is 18.3. The molecule has 0 saturated carbocycles. The summed E-state index contributed by atoms with van der Waals surface area (Å²) in [6, 6.07) is 1.04. The lowest BCUT2D eigenvalue weighted by molar-refractivity contribution is 0.239. The second-order valence-corrected chi connectivity index (χ2v) is 9.31. The summed E-state index contributed by atoms with van der Waals surface area (Å²) >= 11 is 11.8. The van der Waals surface area contributed by atoms with Crippen molar-refractivity contribution in [1.82, 2.24) is 24.1 Å². The van der Waals surface area contributed by atoms with E-state index >= 15 is 0 Å². The molecule has 1 atom stereocenters. The van der Waals surface area contributed by atoms with Gasteiger partial charge in [-0.25, -0.2) is 13.4 Å². The number of aromatic nitrogens is 4. The molecule has 4 heterocycles. The van der Waals surface area contributed by atoms with Crippen LogP contribution in [-0.4, -0.2) is 39.0 Å². The number of aryl methyl sites for hydroxylation is 1. The first-order valence-corrected chi connectivity index (χ1v) is 10.9. The number of hydrogen-bond donors (Lipinski definition) is 0. The molecule has 1 fully saturated rings. The number of sulfonamides is 1. The lowest BCUT2D eigenvalue weighted by Crippen LogP contribution is -2.40. The molecule has 0 N–H and O–H groups in total. The van der Waals surface area contributed by atoms with E-state index in [1.54, 1.807) is 0 Å². The monoisotopic (exact) mass is 415 g/mol. The Morgan fingerprint density at radius 2 is 1.88 bits per heavy atom. The molecule has 0 spiro atoms. The van der Waals surface area contributed by atoms with Crippen LogP contribution < -0.4 is 0 Å². The van der Waals surface area contributed by atoms with Crippen molar-refractivity contribution < 1.29 is 8.42 Å². The number of rotatable bonds is 3. The topological polar surface area (TPSA) is 81.0 Å². The average molecular weight is 416 g/mol. The number of nitrogens with zero attached hydrogens (tertiary/aromatic N) is 5. The SMILES string of the molecule is O=S(=O)(c1cnc(Cl)c(Cl)c1)N1CCCC[C@H]1c1nnc2n1CCCC2. The lowest BCUT2D eigenvalue weighted by Gasteiger charge is -2.34. The van der Waals surface area contributed by atoms with Crippen LogP contribution in [0.3, 0.4) is 0 Å². The van der Waals surface area contributed by atoms with E-state index in [1.165, 1.54) is 16.6 Å². The van der Waals surface area contributed by atoms with Crippen LogP contribution in [0, 0.1) is 0 Å². The van der Waals surface area contributed by atoms with Crippen molar-refractivity contribution >= 4 is 33.2 Å². The maximum absolute atomic E-state index is 13.3. The average Bonchev–Trinajstić information content (AvgIpc) is 3.08. The Bertz CT molecular complexity index is 931. The molecular formula is C16H19Cl2N5O2S. The Hall–Kier alpha value is -1.22. The first-order chi connectivity index (χ1) is 12.5. The van der Waals surface area contributed by atoms with Gasteiger partial charge < -0.3 is 4.57 Å². The van der Waals surface area contributed by atoms with Crippen molar-refractivity contribution in [3.63, 3.8) is 0 Å². The van der Waals surface area contributed by atoms with E-state index in [9.17, 15) is 8.42 Å². The minimum absolute atomic E-state index is 0.0529. The quantitative estimate of drug-likeness (QED) is 0.718. The fourth-order valence-corrected chi connectivity index (χ4v) is 5.67. The fourth-order valence-electron chi connectivity index (χ4n) is 3.71. The molecule has 4 rings (SSSR count). The minimum atomic E-state index is -3.76. The standard InChI is InChI=1S/C16H19Cl2N5O2S/c17-12-9-11(10-19-15(12)18)26(24,25)23-8-4-1-5-13(23)16-21-20-14-6-2-3-7-22(14)16/h9-10,13H,1-8H2/t13-/m0/s1. The van der Waals surface area contributed by atoms with Gasteiger partial charge in [-0.15, -0.1) is 10.2 Å². The van der Waals surface area contributed by atoms with Crippen molar-refractivity contribution in [3.05, 3.63) is 34.1 Å². The molecule has 2 aliphatic rings. The molecule has 2 aromatic rings. The van der Waals surface area contributed by atoms with E-state index in [1.807, 2.05) is 0 Å². The molecule has 0 aliphatic carbocycles. The third-order valence-electron chi connectivity index (χ3n) is 5.02. The first kappa shape index (κ1) is 18.2. The molecular weight excluding hydrogens is 397 g/mol. The normalized spacial score (nSPS) is 21.5. The van der Waals surface area contributed by atoms with Crippen LogP contribution >= 0.6 is 23.2 Å². The number of piperidine rings is 1. The molecule has 0 amide bonds. The maximum atomic E-state index is 13.3. The highest BCUT2D eigenvalue weighted by atomic mass is 35.5. The van der Waals surface area contributed by atoms with Crippen molar-refractivity contribution in [1.29, 1.82) is 0 Å². The summed E-state index contributed by atoms with van der Waals surface area (Å²) in [5, 5.41) is 8.86. The number of halogens is 2. The van der Waals surface area contributed by atoms with Gasteiger partial charge in [0.2, 0.25) is 10.0 Å². The summed E-state index contributed by atoms with van der Waals surface area (Å²) in [5.41, 5.74) is 0. The fraction of sp³-hybridized carbons (Fsp3) is 0.562. The van der Waals surface area contributed by atoms with Crippen LogP contribution in [0.15, 0.2) is 17.2 Å². The highest BCUT2D eigenvalue weighted by Crippen LogP contribution is 2.36. The number of pyridine rings is 1. The van der Waals surface area contributed by atoms with Crippen molar-refractivity contribution in [2.75, 3.05) is 6.54 Å². The van der Waals surface area contributed by atoms with Gasteiger partial charge >= 0.3 is 0 Å². The van der Waals surface area contributed by atoms with E-state index in [-0.39, 0.29) is 21.1 Å². The molecule has 10 heteroatoms. The Labute approximate surface area is 162 Å². The third-order valence-corrected chi connectivity index (χ3v) is 7.58. The summed E-state index contributed by atoms with van der Waals surface area (Å²) in [6.45, 7) is 1.28. The molecule has 0 radical (unpaired) electrons. The van der Waals surface area contributed by atoms with Gasteiger partial charge in [0.25, 0.3) is 0 Å². The van der Waals surface area contributed by atoms with Gasteiger partial charge in [-0.1, -0.05) is 29.6 Å². The highest BCUT2D eigenvalue weighted by Gasteiger charge is 2.38. The Kier molecular flexibility index (Phi) is 4.94. The second-order valence-electron chi connectivity index (χ2n) is 6.65. The van der Waals surface area contributed by atoms with Crippen molar-refractivity contribution in [3.8, 4) is 0 Å². The Morgan fingerprint density at radius 1 is 1.08 bits per heavy atom. The largest absolute Gasteiger partial charge is 0.314 e. The van der Waals surface area contributed by atoms with Gasteiger partial charge in [0.15, 0.2) is 5.82 Å². The molecule has 0 aromatic carbocycles. The summed E-state index contributed by atoms with van der Waals surface area (Å²) in [4.78, 5) is 3.95. The molecule has 0 unspecified atom stereocenters. The molecule has 2 aliphatic heterocycles. The van der Waals surface area contributed by atoms with Crippen LogP contribution in [0.1, 0.15) is 49.8 Å². The first-order valence-electron chi connectivity index (χ1n) is 8.73. The van der Waals surface area contributed by atoms with Gasteiger partial charge in [-0.3, -0.25) is 0 Å². The molecule has 26 heavy (non-hydrogen) atoms. The molecule has 7 nitrogen and oxygen atoms in total. The van der Waals surface area contributed by atoms with E-state index in [4.69, 9.17) is 23.2 Å². The number of fused-ring (bicyclic) bond motifs is 1. The summed E-state index contributed by atoms with van der Waals surface area (Å²) in [5.74, 6) is 1.70. The predicted octanol–water partition coefficient (Wildman–Crippen LogP) is 3.23. The van der Waals surface area contributed by atoms with Gasteiger partial charge in [-0.05, 0) is 31.7 Å². The van der Waals surface area contributed by atoms with E-state index < -0.39 is 10.0 Å². The maximum Gasteiger partial charge on any atom is 0.245 e. The van der Waals surface area contributed by atoms with E-state index in [0.29, 0.717) is 6.54 Å². The van der Waals surface area contributed by atoms with Crippen molar-refractivity contribution in [2.45, 2.75) is 56.0 Å². The number of hydrogen-bond acceptors (Lipinski definition) is 5. The molecule has 1 saturated heterocycles. The molecule has 0 bridgehead atoms. The zero-order valence-corrected chi connectivity index (χ0v) is 16.4. The molecule has 2 aromatic heterocycles. The highest BCUT2D eigenvalue weighted by molar-refractivity contribution is 7.89. The van der Waals surface area contributed by atoms with Crippen LogP contribution in [0.2, 0.25) is 10.2 Å². The summed E-state index contributed by atoms with van der Waals surface area (Å²) < 4.78 is 30.1. The van der Waals surface area contributed by atoms with Crippen LogP contribution in [0.5, 0.6) is 0 Å². The van der Waals surface area contributed by atoms with Gasteiger partial charge in [0, 0.05) is 25.7 Å². The van der Waals surface area contributed by atoms with Gasteiger partial charge in [0.1, 0.15) is 15.9 Å². The smallest absolute Gasteiger partial charge is 0.245 e. The van der Waals surface area contributed by atoms with Gasteiger partial charge in [-0.2, -0.15) is 4.31 Å². The zero-order valence-electron chi connectivity index (χ0n) is 14.1. The van der Waals surface area contributed by atoms with E-state index in [0.717, 1.165) is 56.7 Å². The van der Waals surface area contributed by atoms with Gasteiger partial charge in [0.05, 0.1) is 11.1 Å². The third kappa shape index (κ3) is 3.13. The molecule has 140 valence electrons. The lowest BCUT2D eigenvalue weighted by atomic mass is 10.0. The van der Waals surface area contributed by atoms with Crippen LogP contribution in [-0.2, 0) is 23.0 Å². The summed E-state index contributed by atoms with van der Waals surface area (Å²) in [6.07, 6.45) is 6.81. The summed E-state index contributed by atoms with van der Waals surface area (Å²) in [7, 11) is -3.76. The second kappa shape index (κ2) is 7.07.